The normalized spacial score (nSPS) is 27.5. The van der Waals surface area contributed by atoms with E-state index in [0.717, 1.165) is 0 Å². The number of carbonyl (C=O) groups excluding carboxylic acids is 1. The SMILES string of the molecule is CC(=O)C(F)(C(F)(F)F)C(F)(F)N1C(F)(F)C(F)(F)N(C(F)(F)F)C(F)(F)C(F)(F)C1(F)F. The molecule has 1 saturated heterocycles. The van der Waals surface area contributed by atoms with E-state index in [2.05, 4.69) is 0 Å². The van der Waals surface area contributed by atoms with Gasteiger partial charge in [0.05, 0.1) is 0 Å². The van der Waals surface area contributed by atoms with Crippen molar-refractivity contribution in [2.24, 2.45) is 0 Å². The van der Waals surface area contributed by atoms with Gasteiger partial charge in [-0.15, -0.1) is 4.90 Å². The summed E-state index contributed by atoms with van der Waals surface area (Å²) in [5.74, 6) is -12.3. The van der Waals surface area contributed by atoms with Gasteiger partial charge in [-0.3, -0.25) is 4.79 Å². The molecule has 0 radical (unpaired) electrons. The molecule has 1 unspecified atom stereocenters. The molecular weight excluding hydrogens is 537 g/mol. The Morgan fingerprint density at radius 2 is 0.879 bits per heavy atom. The fraction of sp³-hybridized carbons (Fsp3) is 0.909. The second kappa shape index (κ2) is 6.90. The van der Waals surface area contributed by atoms with Gasteiger partial charge in [0.15, 0.2) is 5.78 Å². The Kier molecular flexibility index (Phi) is 6.13. The molecule has 0 aliphatic carbocycles. The van der Waals surface area contributed by atoms with Crippen molar-refractivity contribution in [3.8, 4) is 0 Å². The summed E-state index contributed by atoms with van der Waals surface area (Å²) in [5.41, 5.74) is -7.54. The van der Waals surface area contributed by atoms with Crippen molar-refractivity contribution in [3.63, 3.8) is 0 Å². The van der Waals surface area contributed by atoms with Crippen LogP contribution in [0.2, 0.25) is 0 Å². The molecule has 0 bridgehead atoms. The molecule has 1 aliphatic heterocycles. The van der Waals surface area contributed by atoms with E-state index in [-0.39, 0.29) is 0 Å². The highest BCUT2D eigenvalue weighted by molar-refractivity contribution is 5.87. The number of hydrogen-bond donors (Lipinski definition) is 0. The Hall–Kier alpha value is -1.74. The van der Waals surface area contributed by atoms with Gasteiger partial charge in [-0.05, 0) is 6.92 Å². The molecule has 3 nitrogen and oxygen atoms in total. The minimum atomic E-state index is -8.52. The summed E-state index contributed by atoms with van der Waals surface area (Å²) in [6.45, 7) is -0.970. The molecule has 1 fully saturated rings. The van der Waals surface area contributed by atoms with Crippen LogP contribution in [0.4, 0.5) is 83.4 Å². The average Bonchev–Trinajstić information content (AvgIpc) is 2.49. The van der Waals surface area contributed by atoms with Crippen molar-refractivity contribution in [1.29, 1.82) is 0 Å². The maximum Gasteiger partial charge on any atom is 0.469 e. The zero-order valence-corrected chi connectivity index (χ0v) is 14.5. The van der Waals surface area contributed by atoms with E-state index in [1.165, 1.54) is 0 Å². The highest BCUT2D eigenvalue weighted by Gasteiger charge is 2.96. The van der Waals surface area contributed by atoms with Gasteiger partial charge in [0.25, 0.3) is 0 Å². The lowest BCUT2D eigenvalue weighted by Gasteiger charge is -2.46. The molecule has 196 valence electrons. The van der Waals surface area contributed by atoms with Crippen LogP contribution < -0.4 is 0 Å². The van der Waals surface area contributed by atoms with Crippen molar-refractivity contribution in [3.05, 3.63) is 0 Å². The van der Waals surface area contributed by atoms with Crippen LogP contribution in [0.1, 0.15) is 6.92 Å². The van der Waals surface area contributed by atoms with Gasteiger partial charge in [-0.25, -0.2) is 4.39 Å². The molecule has 1 atom stereocenters. The van der Waals surface area contributed by atoms with Crippen LogP contribution >= 0.6 is 0 Å². The molecule has 0 N–H and O–H groups in total. The van der Waals surface area contributed by atoms with E-state index in [0.29, 0.717) is 0 Å². The maximum absolute atomic E-state index is 14.1. The van der Waals surface area contributed by atoms with Crippen LogP contribution in [-0.2, 0) is 4.79 Å². The summed E-state index contributed by atoms with van der Waals surface area (Å²) in [6.07, 6.45) is -15.6. The number of carbonyl (C=O) groups is 1. The topological polar surface area (TPSA) is 23.6 Å². The summed E-state index contributed by atoms with van der Waals surface area (Å²) in [5, 5.41) is 0. The summed E-state index contributed by atoms with van der Waals surface area (Å²) < 4.78 is 255. The molecule has 0 amide bonds. The maximum atomic E-state index is 14.1. The monoisotopic (exact) mass is 540 g/mol. The Bertz CT molecular complexity index is 797. The molecule has 0 aromatic rings. The van der Waals surface area contributed by atoms with Crippen molar-refractivity contribution >= 4 is 5.78 Å². The third kappa shape index (κ3) is 3.32. The summed E-state index contributed by atoms with van der Waals surface area (Å²) in [7, 11) is 0. The molecule has 1 heterocycles. The molecule has 0 aromatic heterocycles. The molecule has 0 aromatic carbocycles. The van der Waals surface area contributed by atoms with Crippen LogP contribution in [0.15, 0.2) is 0 Å². The highest BCUT2D eigenvalue weighted by Crippen LogP contribution is 2.66. The minimum Gasteiger partial charge on any atom is -0.296 e. The van der Waals surface area contributed by atoms with Gasteiger partial charge in [0.1, 0.15) is 0 Å². The third-order valence-electron chi connectivity index (χ3n) is 4.07. The number of ketones is 1. The summed E-state index contributed by atoms with van der Waals surface area (Å²) in [6, 6.07) is -42.1. The van der Waals surface area contributed by atoms with Crippen molar-refractivity contribution in [1.82, 2.24) is 9.80 Å². The number of Topliss-reactive ketones (excluding diaryl/α,β-unsaturated/α-hetero) is 1. The first-order chi connectivity index (χ1) is 13.9. The van der Waals surface area contributed by atoms with E-state index in [4.69, 9.17) is 0 Å². The first kappa shape index (κ1) is 29.3. The first-order valence-corrected chi connectivity index (χ1v) is 7.14. The fourth-order valence-electron chi connectivity index (χ4n) is 2.49. The molecule has 22 heteroatoms. The average molecular weight is 540 g/mol. The van der Waals surface area contributed by atoms with Gasteiger partial charge in [-0.1, -0.05) is 4.90 Å². The van der Waals surface area contributed by atoms with Gasteiger partial charge in [0.2, 0.25) is 0 Å². The second-order valence-electron chi connectivity index (χ2n) is 6.13. The van der Waals surface area contributed by atoms with Gasteiger partial charge >= 0.3 is 54.3 Å². The molecular formula is C11H3F19N2O. The lowest BCUT2D eigenvalue weighted by atomic mass is 9.95. The summed E-state index contributed by atoms with van der Waals surface area (Å²) >= 11 is 0. The fourth-order valence-corrected chi connectivity index (χ4v) is 2.49. The predicted octanol–water partition coefficient (Wildman–Crippen LogP) is 5.58. The van der Waals surface area contributed by atoms with Crippen molar-refractivity contribution in [2.75, 3.05) is 0 Å². The molecule has 33 heavy (non-hydrogen) atoms. The quantitative estimate of drug-likeness (QED) is 0.345. The Labute approximate surface area is 166 Å². The Balaban J connectivity index is 4.33. The zero-order chi connectivity index (χ0) is 27.2. The van der Waals surface area contributed by atoms with E-state index >= 15 is 0 Å². The van der Waals surface area contributed by atoms with E-state index in [9.17, 15) is 88.2 Å². The van der Waals surface area contributed by atoms with Crippen molar-refractivity contribution < 1.29 is 88.2 Å². The van der Waals surface area contributed by atoms with Crippen molar-refractivity contribution in [2.45, 2.75) is 61.2 Å². The summed E-state index contributed by atoms with van der Waals surface area (Å²) in [4.78, 5) is 1.35. The number of rotatable bonds is 3. The minimum absolute atomic E-state index is 0.970. The van der Waals surface area contributed by atoms with Gasteiger partial charge < -0.3 is 0 Å². The van der Waals surface area contributed by atoms with Crippen LogP contribution in [0.25, 0.3) is 0 Å². The van der Waals surface area contributed by atoms with E-state index in [1.807, 2.05) is 0 Å². The smallest absolute Gasteiger partial charge is 0.296 e. The molecule has 1 aliphatic rings. The number of nitrogens with zero attached hydrogens (tertiary/aromatic N) is 2. The van der Waals surface area contributed by atoms with Crippen LogP contribution in [0.3, 0.4) is 0 Å². The largest absolute Gasteiger partial charge is 0.469 e. The third-order valence-corrected chi connectivity index (χ3v) is 4.07. The molecule has 0 spiro atoms. The first-order valence-electron chi connectivity index (χ1n) is 7.14. The molecule has 1 rings (SSSR count). The van der Waals surface area contributed by atoms with Gasteiger partial charge in [0, 0.05) is 0 Å². The Morgan fingerprint density at radius 3 is 1.15 bits per heavy atom. The van der Waals surface area contributed by atoms with Gasteiger partial charge in [-0.2, -0.15) is 79.0 Å². The second-order valence-corrected chi connectivity index (χ2v) is 6.13. The number of hydrogen-bond acceptors (Lipinski definition) is 3. The highest BCUT2D eigenvalue weighted by atomic mass is 19.4. The molecule has 0 saturated carbocycles. The number of alkyl halides is 19. The van der Waals surface area contributed by atoms with E-state index < -0.39 is 76.8 Å². The lowest BCUT2D eigenvalue weighted by Crippen LogP contribution is -2.77. The van der Waals surface area contributed by atoms with Crippen LogP contribution in [0, 0.1) is 0 Å². The van der Waals surface area contributed by atoms with Crippen LogP contribution in [0.5, 0.6) is 0 Å². The standard InChI is InChI=1S/C11H3F19N2O/c1-2(33)3(12,5(15,16)17)6(18,19)31-7(20,21)4(13,14)8(22,23)32(11(28,29)30)10(26,27)9(31,24)25/h1H3. The zero-order valence-electron chi connectivity index (χ0n) is 14.5. The van der Waals surface area contributed by atoms with E-state index in [1.54, 1.807) is 0 Å². The predicted molar refractivity (Wildman–Crippen MR) is 60.0 cm³/mol. The Morgan fingerprint density at radius 1 is 0.576 bits per heavy atom. The van der Waals surface area contributed by atoms with Crippen LogP contribution in [-0.4, -0.2) is 69.9 Å². The number of halogens is 19. The lowest BCUT2D eigenvalue weighted by molar-refractivity contribution is -0.479.